The Labute approximate surface area is 150 Å². The maximum Gasteiger partial charge on any atom is 0.231 e. The van der Waals surface area contributed by atoms with Crippen molar-refractivity contribution in [3.05, 3.63) is 66.6 Å². The Morgan fingerprint density at radius 2 is 2.08 bits per heavy atom. The van der Waals surface area contributed by atoms with E-state index in [9.17, 15) is 9.59 Å². The molecule has 6 nitrogen and oxygen atoms in total. The lowest BCUT2D eigenvalue weighted by Crippen LogP contribution is -2.41. The van der Waals surface area contributed by atoms with Crippen molar-refractivity contribution < 1.29 is 18.7 Å². The first kappa shape index (κ1) is 15.4. The zero-order valence-electron chi connectivity index (χ0n) is 14.0. The van der Waals surface area contributed by atoms with Crippen LogP contribution in [-0.2, 0) is 20.9 Å². The van der Waals surface area contributed by atoms with Gasteiger partial charge in [0.2, 0.25) is 11.8 Å². The number of hydrogen-bond acceptors (Lipinski definition) is 4. The fourth-order valence-electron chi connectivity index (χ4n) is 4.35. The number of anilines is 1. The number of ether oxygens (including phenoxy) is 1. The Morgan fingerprint density at radius 3 is 2.85 bits per heavy atom. The molecule has 3 aliphatic rings. The molecular formula is C20H18N2O4. The summed E-state index contributed by atoms with van der Waals surface area (Å²) in [5, 5.41) is 2.92. The molecule has 2 aromatic rings. The molecule has 0 saturated carbocycles. The van der Waals surface area contributed by atoms with Crippen molar-refractivity contribution in [2.45, 2.75) is 18.2 Å². The smallest absolute Gasteiger partial charge is 0.231 e. The van der Waals surface area contributed by atoms with Crippen molar-refractivity contribution >= 4 is 17.5 Å². The van der Waals surface area contributed by atoms with Gasteiger partial charge in [0.15, 0.2) is 0 Å². The topological polar surface area (TPSA) is 71.8 Å². The predicted molar refractivity (Wildman–Crippen MR) is 92.9 cm³/mol. The van der Waals surface area contributed by atoms with E-state index < -0.39 is 17.4 Å². The number of nitrogens with one attached hydrogen (secondary N) is 1. The second kappa shape index (κ2) is 5.57. The van der Waals surface area contributed by atoms with Gasteiger partial charge >= 0.3 is 0 Å². The Hall–Kier alpha value is -2.86. The zero-order chi connectivity index (χ0) is 17.7. The van der Waals surface area contributed by atoms with Gasteiger partial charge < -0.3 is 19.4 Å². The van der Waals surface area contributed by atoms with Crippen LogP contribution in [0.2, 0.25) is 0 Å². The molecule has 1 aromatic heterocycles. The van der Waals surface area contributed by atoms with Crippen LogP contribution >= 0.6 is 0 Å². The summed E-state index contributed by atoms with van der Waals surface area (Å²) in [6.07, 6.45) is 5.11. The fraction of sp³-hybridized carbons (Fsp3) is 0.300. The van der Waals surface area contributed by atoms with Gasteiger partial charge in [-0.3, -0.25) is 9.59 Å². The van der Waals surface area contributed by atoms with Gasteiger partial charge in [-0.25, -0.2) is 0 Å². The Balaban J connectivity index is 1.40. The molecule has 4 heterocycles. The van der Waals surface area contributed by atoms with Gasteiger partial charge in [-0.2, -0.15) is 0 Å². The van der Waals surface area contributed by atoms with Crippen LogP contribution in [0.3, 0.4) is 0 Å². The first-order valence-corrected chi connectivity index (χ1v) is 8.71. The van der Waals surface area contributed by atoms with Crippen molar-refractivity contribution in [1.82, 2.24) is 4.90 Å². The number of rotatable bonds is 4. The van der Waals surface area contributed by atoms with E-state index in [1.807, 2.05) is 48.6 Å². The second-order valence-corrected chi connectivity index (χ2v) is 7.03. The lowest BCUT2D eigenvalue weighted by molar-refractivity contribution is -0.136. The SMILES string of the molecule is O=C(Nc1ccccc1)[C@H]1[C@H]2C(=O)N(Cc3ccco3)C[C@]23C=C[C@H]1O3. The van der Waals surface area contributed by atoms with Gasteiger partial charge in [0.25, 0.3) is 0 Å². The highest BCUT2D eigenvalue weighted by Gasteiger charge is 2.66. The number of likely N-dealkylation sites (tertiary alicyclic amines) is 1. The largest absolute Gasteiger partial charge is 0.467 e. The third-order valence-corrected chi connectivity index (χ3v) is 5.45. The number of fused-ring (bicyclic) bond motifs is 1. The monoisotopic (exact) mass is 350 g/mol. The molecule has 2 saturated heterocycles. The molecule has 132 valence electrons. The highest BCUT2D eigenvalue weighted by molar-refractivity contribution is 5.99. The number of para-hydroxylation sites is 1. The minimum Gasteiger partial charge on any atom is -0.467 e. The van der Waals surface area contributed by atoms with Gasteiger partial charge in [0.1, 0.15) is 11.4 Å². The summed E-state index contributed by atoms with van der Waals surface area (Å²) in [6.45, 7) is 0.832. The molecule has 26 heavy (non-hydrogen) atoms. The van der Waals surface area contributed by atoms with Crippen LogP contribution in [0.1, 0.15) is 5.76 Å². The predicted octanol–water partition coefficient (Wildman–Crippen LogP) is 2.20. The van der Waals surface area contributed by atoms with Crippen LogP contribution in [0.5, 0.6) is 0 Å². The summed E-state index contributed by atoms with van der Waals surface area (Å²) < 4.78 is 11.5. The van der Waals surface area contributed by atoms with Crippen LogP contribution in [0.25, 0.3) is 0 Å². The van der Waals surface area contributed by atoms with Gasteiger partial charge in [-0.05, 0) is 24.3 Å². The molecule has 3 aliphatic heterocycles. The summed E-state index contributed by atoms with van der Waals surface area (Å²) in [4.78, 5) is 27.7. The molecule has 1 N–H and O–H groups in total. The number of furan rings is 1. The standard InChI is InChI=1S/C20H18N2O4/c23-18(21-13-5-2-1-3-6-13)16-15-8-9-20(26-15)12-22(19(24)17(16)20)11-14-7-4-10-25-14/h1-10,15-17H,11-12H2,(H,21,23)/t15-,16-,17+,20-/m1/s1. The van der Waals surface area contributed by atoms with Crippen molar-refractivity contribution in [3.8, 4) is 0 Å². The van der Waals surface area contributed by atoms with Crippen LogP contribution in [0.15, 0.2) is 65.3 Å². The number of nitrogens with zero attached hydrogens (tertiary/aromatic N) is 1. The van der Waals surface area contributed by atoms with E-state index in [2.05, 4.69) is 5.32 Å². The molecule has 1 spiro atoms. The summed E-state index contributed by atoms with van der Waals surface area (Å²) in [5.41, 5.74) is 0.0173. The van der Waals surface area contributed by atoms with Gasteiger partial charge in [0, 0.05) is 5.69 Å². The Morgan fingerprint density at radius 1 is 1.23 bits per heavy atom. The number of amides is 2. The quantitative estimate of drug-likeness (QED) is 0.858. The van der Waals surface area contributed by atoms with E-state index in [0.717, 1.165) is 11.4 Å². The maximum atomic E-state index is 13.1. The number of benzene rings is 1. The molecule has 5 rings (SSSR count). The third-order valence-electron chi connectivity index (χ3n) is 5.45. The normalized spacial score (nSPS) is 31.5. The molecule has 0 radical (unpaired) electrons. The molecule has 0 aliphatic carbocycles. The van der Waals surface area contributed by atoms with E-state index in [-0.39, 0.29) is 17.9 Å². The lowest BCUT2D eigenvalue weighted by Gasteiger charge is -2.23. The number of carbonyl (C=O) groups is 2. The van der Waals surface area contributed by atoms with Crippen LogP contribution in [-0.4, -0.2) is 35.0 Å². The number of hydrogen-bond donors (Lipinski definition) is 1. The average molecular weight is 350 g/mol. The van der Waals surface area contributed by atoms with Crippen molar-refractivity contribution in [2.24, 2.45) is 11.8 Å². The van der Waals surface area contributed by atoms with Crippen LogP contribution in [0.4, 0.5) is 5.69 Å². The second-order valence-electron chi connectivity index (χ2n) is 7.03. The van der Waals surface area contributed by atoms with Crippen LogP contribution < -0.4 is 5.32 Å². The molecule has 2 bridgehead atoms. The fourth-order valence-corrected chi connectivity index (χ4v) is 4.35. The Bertz CT molecular complexity index is 876. The molecule has 2 amide bonds. The summed E-state index contributed by atoms with van der Waals surface area (Å²) in [5.74, 6) is -0.517. The molecule has 6 heteroatoms. The van der Waals surface area contributed by atoms with E-state index in [4.69, 9.17) is 9.15 Å². The molecule has 1 aromatic carbocycles. The summed E-state index contributed by atoms with van der Waals surface area (Å²) in [6, 6.07) is 12.9. The third kappa shape index (κ3) is 2.22. The maximum absolute atomic E-state index is 13.1. The van der Waals surface area contributed by atoms with E-state index in [0.29, 0.717) is 13.1 Å². The molecule has 2 fully saturated rings. The van der Waals surface area contributed by atoms with E-state index in [1.54, 1.807) is 17.2 Å². The van der Waals surface area contributed by atoms with Crippen molar-refractivity contribution in [1.29, 1.82) is 0 Å². The van der Waals surface area contributed by atoms with Gasteiger partial charge in [-0.15, -0.1) is 0 Å². The highest BCUT2D eigenvalue weighted by atomic mass is 16.5. The highest BCUT2D eigenvalue weighted by Crippen LogP contribution is 2.52. The first-order chi connectivity index (χ1) is 12.7. The van der Waals surface area contributed by atoms with Crippen molar-refractivity contribution in [3.63, 3.8) is 0 Å². The van der Waals surface area contributed by atoms with Gasteiger partial charge in [-0.1, -0.05) is 30.4 Å². The summed E-state index contributed by atoms with van der Waals surface area (Å²) in [7, 11) is 0. The minimum atomic E-state index is -0.701. The Kier molecular flexibility index (Phi) is 3.30. The number of carbonyl (C=O) groups excluding carboxylic acids is 2. The zero-order valence-corrected chi connectivity index (χ0v) is 14.0. The molecular weight excluding hydrogens is 332 g/mol. The van der Waals surface area contributed by atoms with Gasteiger partial charge in [0.05, 0.1) is 37.3 Å². The minimum absolute atomic E-state index is 0.0542. The first-order valence-electron chi connectivity index (χ1n) is 8.71. The van der Waals surface area contributed by atoms with E-state index >= 15 is 0 Å². The average Bonchev–Trinajstić information content (AvgIpc) is 3.39. The molecule has 0 unspecified atom stereocenters. The lowest BCUT2D eigenvalue weighted by atomic mass is 9.77. The van der Waals surface area contributed by atoms with Crippen LogP contribution in [0, 0.1) is 11.8 Å². The molecule has 4 atom stereocenters. The van der Waals surface area contributed by atoms with Crippen molar-refractivity contribution in [2.75, 3.05) is 11.9 Å². The summed E-state index contributed by atoms with van der Waals surface area (Å²) >= 11 is 0. The van der Waals surface area contributed by atoms with E-state index in [1.165, 1.54) is 0 Å².